The van der Waals surface area contributed by atoms with Crippen LogP contribution in [0.15, 0.2) is 80.1 Å². The molecule has 0 saturated heterocycles. The summed E-state index contributed by atoms with van der Waals surface area (Å²) >= 11 is 1.08. The van der Waals surface area contributed by atoms with Gasteiger partial charge in [-0.3, -0.25) is 9.98 Å². The molecule has 0 amide bonds. The van der Waals surface area contributed by atoms with Crippen molar-refractivity contribution in [3.8, 4) is 0 Å². The van der Waals surface area contributed by atoms with Gasteiger partial charge in [0.25, 0.3) is 0 Å². The van der Waals surface area contributed by atoms with E-state index in [1.165, 1.54) is 11.1 Å². The van der Waals surface area contributed by atoms with Crippen molar-refractivity contribution in [2.45, 2.75) is 25.7 Å². The Morgan fingerprint density at radius 2 is 2.11 bits per heavy atom. The van der Waals surface area contributed by atoms with E-state index in [1.807, 2.05) is 36.5 Å². The van der Waals surface area contributed by atoms with Crippen molar-refractivity contribution >= 4 is 55.5 Å². The standard InChI is InChI=1S/C27H30N7O2PS/c1-28-15-7-2-3-8-16-30-27-25-23(20-10-5-4-6-11-20)12-9-13-24(25)31-26(32-27)21-14-17-29-19-22(18-21)38-34-37(36)33-35/h2-5,7-8,10,13-15,18-19,35H,6,9,11-12,16-17H2,1H3,(H,33,34)(H,30,31,32)/b7-2-,8-3+,28-15?. The van der Waals surface area contributed by atoms with Crippen molar-refractivity contribution in [3.63, 3.8) is 0 Å². The highest BCUT2D eigenvalue weighted by atomic mass is 32.2. The Labute approximate surface area is 227 Å². The number of nitrogens with one attached hydrogen (secondary N) is 2. The highest BCUT2D eigenvalue weighted by Crippen LogP contribution is 2.27. The second-order valence-corrected chi connectivity index (χ2v) is 10.5. The normalized spacial score (nSPS) is 17.9. The topological polar surface area (TPSA) is 130 Å². The molecule has 0 fully saturated rings. The van der Waals surface area contributed by atoms with Gasteiger partial charge >= 0.3 is 8.09 Å². The van der Waals surface area contributed by atoms with Gasteiger partial charge in [0, 0.05) is 53.7 Å². The third-order valence-corrected chi connectivity index (χ3v) is 7.48. The minimum atomic E-state index is -2.27. The summed E-state index contributed by atoms with van der Waals surface area (Å²) in [5, 5.41) is 14.2. The molecule has 2 heterocycles. The number of hydrogen-bond donors (Lipinski definition) is 3. The summed E-state index contributed by atoms with van der Waals surface area (Å²) in [7, 11) is -0.534. The molecule has 0 saturated carbocycles. The molecule has 3 aliphatic rings. The quantitative estimate of drug-likeness (QED) is 0.134. The smallest absolute Gasteiger partial charge is 0.308 e. The van der Waals surface area contributed by atoms with Crippen molar-refractivity contribution in [2.75, 3.05) is 25.5 Å². The van der Waals surface area contributed by atoms with Gasteiger partial charge in [-0.05, 0) is 49.0 Å². The van der Waals surface area contributed by atoms with Crippen LogP contribution in [0, 0.1) is 0 Å². The molecule has 1 atom stereocenters. The van der Waals surface area contributed by atoms with E-state index >= 15 is 0 Å². The zero-order valence-corrected chi connectivity index (χ0v) is 22.8. The fourth-order valence-corrected chi connectivity index (χ4v) is 5.39. The van der Waals surface area contributed by atoms with Gasteiger partial charge in [-0.1, -0.05) is 53.1 Å². The highest BCUT2D eigenvalue weighted by molar-refractivity contribution is 8.05. The first-order valence-electron chi connectivity index (χ1n) is 12.3. The third-order valence-electron chi connectivity index (χ3n) is 5.87. The molecule has 0 radical (unpaired) electrons. The Morgan fingerprint density at radius 1 is 1.18 bits per heavy atom. The minimum Gasteiger partial charge on any atom is -0.592 e. The van der Waals surface area contributed by atoms with Crippen LogP contribution in [0.3, 0.4) is 0 Å². The summed E-state index contributed by atoms with van der Waals surface area (Å²) in [6.45, 7) is 1.06. The van der Waals surface area contributed by atoms with Crippen LogP contribution >= 0.6 is 20.0 Å². The van der Waals surface area contributed by atoms with E-state index in [9.17, 15) is 4.89 Å². The van der Waals surface area contributed by atoms with E-state index in [1.54, 1.807) is 19.5 Å². The fourth-order valence-electron chi connectivity index (χ4n) is 4.20. The van der Waals surface area contributed by atoms with E-state index in [0.717, 1.165) is 59.6 Å². The number of rotatable bonds is 10. The zero-order valence-electron chi connectivity index (χ0n) is 21.1. The first-order valence-corrected chi connectivity index (χ1v) is 14.3. The first-order chi connectivity index (χ1) is 18.7. The van der Waals surface area contributed by atoms with E-state index in [4.69, 9.17) is 15.2 Å². The molecule has 0 spiro atoms. The molecule has 1 aromatic heterocycles. The van der Waals surface area contributed by atoms with Crippen LogP contribution < -0.4 is 25.3 Å². The molecule has 11 heteroatoms. The van der Waals surface area contributed by atoms with E-state index in [-0.39, 0.29) is 0 Å². The number of aliphatic imine (C=N–C) groups is 2. The van der Waals surface area contributed by atoms with Crippen LogP contribution in [0.1, 0.15) is 31.5 Å². The molecule has 1 aromatic rings. The molecule has 9 nitrogen and oxygen atoms in total. The molecule has 38 heavy (non-hydrogen) atoms. The maximum absolute atomic E-state index is 11.5. The van der Waals surface area contributed by atoms with Crippen LogP contribution in [0.2, 0.25) is 0 Å². The van der Waals surface area contributed by atoms with E-state index in [2.05, 4.69) is 49.0 Å². The SMILES string of the molecule is CN=C/C=C\C=C\CNc1nc(C2=CCN=CC(SN[P+]([O-])=NO)=C2)nc2c1=C(C1=CC=CCC1)CCC=2. The number of allylic oxidation sites excluding steroid dienone is 10. The van der Waals surface area contributed by atoms with E-state index in [0.29, 0.717) is 23.8 Å². The van der Waals surface area contributed by atoms with Crippen LogP contribution in [0.4, 0.5) is 5.82 Å². The predicted octanol–water partition coefficient (Wildman–Crippen LogP) is 3.54. The minimum absolute atomic E-state index is 0.464. The maximum atomic E-state index is 11.5. The Hall–Kier alpha value is -3.27. The fraction of sp³-hybridized carbons (Fsp3) is 0.259. The summed E-state index contributed by atoms with van der Waals surface area (Å²) < 4.78 is 2.58. The summed E-state index contributed by atoms with van der Waals surface area (Å²) in [5.74, 6) is 1.38. The van der Waals surface area contributed by atoms with E-state index < -0.39 is 8.09 Å². The van der Waals surface area contributed by atoms with Crippen molar-refractivity contribution in [3.05, 3.63) is 81.6 Å². The van der Waals surface area contributed by atoms with Gasteiger partial charge in [0.2, 0.25) is 0 Å². The zero-order chi connectivity index (χ0) is 26.6. The van der Waals surface area contributed by atoms with Gasteiger partial charge in [0.1, 0.15) is 5.82 Å². The summed E-state index contributed by atoms with van der Waals surface area (Å²) in [6, 6.07) is 0. The Bertz CT molecular complexity index is 1440. The molecule has 196 valence electrons. The number of hydrogen-bond acceptors (Lipinski definition) is 8. The molecule has 1 unspecified atom stereocenters. The molecular weight excluding hydrogens is 517 g/mol. The summed E-state index contributed by atoms with van der Waals surface area (Å²) in [4.78, 5) is 33.3. The van der Waals surface area contributed by atoms with Crippen molar-refractivity contribution < 1.29 is 10.1 Å². The third kappa shape index (κ3) is 7.63. The van der Waals surface area contributed by atoms with Crippen molar-refractivity contribution in [1.82, 2.24) is 14.5 Å². The lowest BCUT2D eigenvalue weighted by Crippen LogP contribution is -2.38. The Kier molecular flexibility index (Phi) is 10.7. The summed E-state index contributed by atoms with van der Waals surface area (Å²) in [6.07, 6.45) is 27.7. The van der Waals surface area contributed by atoms with Gasteiger partial charge < -0.3 is 10.2 Å². The van der Waals surface area contributed by atoms with Gasteiger partial charge in [0.15, 0.2) is 5.82 Å². The second-order valence-electron chi connectivity index (χ2n) is 8.39. The molecule has 4 rings (SSSR count). The monoisotopic (exact) mass is 547 g/mol. The first kappa shape index (κ1) is 27.8. The van der Waals surface area contributed by atoms with Gasteiger partial charge in [-0.15, -0.1) is 0 Å². The van der Waals surface area contributed by atoms with Gasteiger partial charge in [0.05, 0.1) is 16.8 Å². The number of anilines is 1. The lowest BCUT2D eigenvalue weighted by atomic mass is 9.90. The largest absolute Gasteiger partial charge is 0.592 e. The molecule has 2 aliphatic carbocycles. The molecule has 0 aromatic carbocycles. The van der Waals surface area contributed by atoms with Crippen LogP contribution in [-0.2, 0) is 0 Å². The molecule has 0 bridgehead atoms. The molecule has 3 N–H and O–H groups in total. The maximum Gasteiger partial charge on any atom is 0.308 e. The highest BCUT2D eigenvalue weighted by Gasteiger charge is 2.18. The predicted molar refractivity (Wildman–Crippen MR) is 157 cm³/mol. The Balaban J connectivity index is 1.74. The lowest BCUT2D eigenvalue weighted by molar-refractivity contribution is -0.158. The summed E-state index contributed by atoms with van der Waals surface area (Å²) in [5.41, 5.74) is 3.45. The number of aromatic nitrogens is 2. The molecule has 1 aliphatic heterocycles. The number of fused-ring (bicyclic) bond motifs is 1. The second kappa shape index (κ2) is 14.6. The van der Waals surface area contributed by atoms with Gasteiger partial charge in [-0.25, -0.2) is 15.2 Å². The molecular formula is C27H30N7O2PS. The van der Waals surface area contributed by atoms with Crippen molar-refractivity contribution in [2.24, 2.45) is 14.9 Å². The average Bonchev–Trinajstić information content (AvgIpc) is 3.21. The van der Waals surface area contributed by atoms with Crippen LogP contribution in [0.5, 0.6) is 0 Å². The van der Waals surface area contributed by atoms with Crippen LogP contribution in [-0.4, -0.2) is 47.7 Å². The average molecular weight is 548 g/mol. The Morgan fingerprint density at radius 3 is 2.92 bits per heavy atom. The number of nitrogens with zero attached hydrogens (tertiary/aromatic N) is 5. The van der Waals surface area contributed by atoms with Crippen molar-refractivity contribution in [1.29, 1.82) is 0 Å². The van der Waals surface area contributed by atoms with Crippen LogP contribution in [0.25, 0.3) is 17.2 Å². The lowest BCUT2D eigenvalue weighted by Gasteiger charge is -2.19. The van der Waals surface area contributed by atoms with Gasteiger partial charge in [-0.2, -0.15) is 0 Å².